The fourth-order valence-corrected chi connectivity index (χ4v) is 2.25. The zero-order valence-electron chi connectivity index (χ0n) is 11.2. The smallest absolute Gasteiger partial charge is 0.276 e. The highest BCUT2D eigenvalue weighted by Gasteiger charge is 2.26. The van der Waals surface area contributed by atoms with Crippen LogP contribution < -0.4 is 0 Å². The van der Waals surface area contributed by atoms with E-state index >= 15 is 0 Å². The van der Waals surface area contributed by atoms with E-state index in [4.69, 9.17) is 4.74 Å². The van der Waals surface area contributed by atoms with Gasteiger partial charge in [-0.05, 0) is 31.4 Å². The van der Waals surface area contributed by atoms with Gasteiger partial charge >= 0.3 is 0 Å². The second-order valence-corrected chi connectivity index (χ2v) is 4.76. The summed E-state index contributed by atoms with van der Waals surface area (Å²) in [4.78, 5) is 18.0. The van der Waals surface area contributed by atoms with Crippen LogP contribution in [0.5, 0.6) is 5.75 Å². The molecule has 0 aromatic carbocycles. The zero-order valence-corrected chi connectivity index (χ0v) is 11.2. The number of rotatable bonds is 4. The van der Waals surface area contributed by atoms with E-state index in [1.807, 2.05) is 0 Å². The quantitative estimate of drug-likeness (QED) is 0.901. The van der Waals surface area contributed by atoms with Crippen LogP contribution in [0.2, 0.25) is 0 Å². The number of hydrogen-bond acceptors (Lipinski definition) is 4. The van der Waals surface area contributed by atoms with Gasteiger partial charge in [0.05, 0.1) is 6.10 Å². The molecule has 1 amide bonds. The Morgan fingerprint density at radius 2 is 2.47 bits per heavy atom. The first-order valence-electron chi connectivity index (χ1n) is 6.77. The Hall–Kier alpha value is -1.62. The van der Waals surface area contributed by atoms with Gasteiger partial charge in [0.1, 0.15) is 5.75 Å². The van der Waals surface area contributed by atoms with Crippen molar-refractivity contribution < 1.29 is 14.6 Å². The molecule has 5 nitrogen and oxygen atoms in total. The molecule has 0 unspecified atom stereocenters. The van der Waals surface area contributed by atoms with Crippen LogP contribution in [0.3, 0.4) is 0 Å². The molecule has 1 aromatic heterocycles. The molecular weight excluding hydrogens is 244 g/mol. The van der Waals surface area contributed by atoms with Gasteiger partial charge in [-0.2, -0.15) is 0 Å². The first-order chi connectivity index (χ1) is 9.22. The summed E-state index contributed by atoms with van der Waals surface area (Å²) in [6.07, 6.45) is 4.50. The molecule has 0 bridgehead atoms. The molecule has 1 fully saturated rings. The predicted molar refractivity (Wildman–Crippen MR) is 71.1 cm³/mol. The van der Waals surface area contributed by atoms with E-state index in [-0.39, 0.29) is 23.5 Å². The third-order valence-corrected chi connectivity index (χ3v) is 3.21. The van der Waals surface area contributed by atoms with Gasteiger partial charge in [-0.25, -0.2) is 4.98 Å². The van der Waals surface area contributed by atoms with Crippen LogP contribution in [0.15, 0.2) is 18.3 Å². The molecule has 1 aliphatic heterocycles. The summed E-state index contributed by atoms with van der Waals surface area (Å²) in [5, 5.41) is 9.68. The molecule has 5 heteroatoms. The van der Waals surface area contributed by atoms with E-state index in [2.05, 4.69) is 11.9 Å². The van der Waals surface area contributed by atoms with Crippen molar-refractivity contribution in [1.82, 2.24) is 9.88 Å². The van der Waals surface area contributed by atoms with Crippen molar-refractivity contribution in [3.05, 3.63) is 24.0 Å². The Labute approximate surface area is 113 Å². The van der Waals surface area contributed by atoms with Crippen molar-refractivity contribution in [1.29, 1.82) is 0 Å². The number of likely N-dealkylation sites (tertiary alicyclic amines) is 1. The fourth-order valence-electron chi connectivity index (χ4n) is 2.25. The van der Waals surface area contributed by atoms with Crippen LogP contribution in [0.4, 0.5) is 0 Å². The Bertz CT molecular complexity index is 436. The maximum absolute atomic E-state index is 12.3. The van der Waals surface area contributed by atoms with E-state index in [1.165, 1.54) is 12.3 Å². The Morgan fingerprint density at radius 1 is 1.63 bits per heavy atom. The average molecular weight is 264 g/mol. The number of aromatic nitrogens is 1. The molecule has 104 valence electrons. The van der Waals surface area contributed by atoms with Crippen LogP contribution in [0, 0.1) is 0 Å². The highest BCUT2D eigenvalue weighted by molar-refractivity contribution is 5.94. The van der Waals surface area contributed by atoms with Crippen LogP contribution in [0.25, 0.3) is 0 Å². The summed E-state index contributed by atoms with van der Waals surface area (Å²) in [5.74, 6) is -0.285. The lowest BCUT2D eigenvalue weighted by Crippen LogP contribution is -2.43. The monoisotopic (exact) mass is 264 g/mol. The summed E-state index contributed by atoms with van der Waals surface area (Å²) >= 11 is 0. The summed E-state index contributed by atoms with van der Waals surface area (Å²) in [6, 6.07) is 3.09. The third kappa shape index (κ3) is 3.44. The maximum atomic E-state index is 12.3. The molecule has 0 saturated carbocycles. The highest BCUT2D eigenvalue weighted by Crippen LogP contribution is 2.19. The molecule has 0 radical (unpaired) electrons. The number of ether oxygens (including phenoxy) is 1. The Balaban J connectivity index is 2.01. The first-order valence-corrected chi connectivity index (χ1v) is 6.77. The predicted octanol–water partition coefficient (Wildman–Crippen LogP) is 1.82. The number of amides is 1. The molecule has 1 atom stereocenters. The van der Waals surface area contributed by atoms with Gasteiger partial charge in [0, 0.05) is 25.9 Å². The molecule has 0 aliphatic carbocycles. The van der Waals surface area contributed by atoms with Crippen molar-refractivity contribution >= 4 is 5.91 Å². The number of carbonyl (C=O) groups excluding carboxylic acids is 1. The topological polar surface area (TPSA) is 62.7 Å². The largest absolute Gasteiger partial charge is 0.505 e. The molecule has 1 N–H and O–H groups in total. The number of carbonyl (C=O) groups is 1. The summed E-state index contributed by atoms with van der Waals surface area (Å²) < 4.78 is 5.70. The number of hydrogen-bond donors (Lipinski definition) is 1. The van der Waals surface area contributed by atoms with Crippen LogP contribution >= 0.6 is 0 Å². The molecule has 1 aliphatic rings. The zero-order chi connectivity index (χ0) is 13.7. The second-order valence-electron chi connectivity index (χ2n) is 4.76. The summed E-state index contributed by atoms with van der Waals surface area (Å²) in [7, 11) is 0. The number of piperidine rings is 1. The minimum absolute atomic E-state index is 0.0656. The van der Waals surface area contributed by atoms with Crippen molar-refractivity contribution in [2.45, 2.75) is 32.3 Å². The van der Waals surface area contributed by atoms with Gasteiger partial charge in [0.2, 0.25) is 0 Å². The molecule has 19 heavy (non-hydrogen) atoms. The van der Waals surface area contributed by atoms with Gasteiger partial charge in [-0.15, -0.1) is 0 Å². The second kappa shape index (κ2) is 6.52. The lowest BCUT2D eigenvalue weighted by atomic mass is 10.1. The third-order valence-electron chi connectivity index (χ3n) is 3.21. The molecular formula is C14H20N2O3. The van der Waals surface area contributed by atoms with Crippen molar-refractivity contribution in [2.24, 2.45) is 0 Å². The minimum Gasteiger partial charge on any atom is -0.505 e. The molecule has 1 aromatic rings. The van der Waals surface area contributed by atoms with Gasteiger partial charge in [-0.3, -0.25) is 4.79 Å². The van der Waals surface area contributed by atoms with Crippen LogP contribution in [-0.2, 0) is 4.74 Å². The maximum Gasteiger partial charge on any atom is 0.276 e. The average Bonchev–Trinajstić information content (AvgIpc) is 2.45. The number of aromatic hydroxyl groups is 1. The van der Waals surface area contributed by atoms with Crippen molar-refractivity contribution in [2.75, 3.05) is 19.7 Å². The van der Waals surface area contributed by atoms with Crippen LogP contribution in [-0.4, -0.2) is 46.7 Å². The van der Waals surface area contributed by atoms with Gasteiger partial charge in [-0.1, -0.05) is 6.92 Å². The van der Waals surface area contributed by atoms with Gasteiger partial charge in [0.25, 0.3) is 5.91 Å². The summed E-state index contributed by atoms with van der Waals surface area (Å²) in [5.41, 5.74) is 0.124. The van der Waals surface area contributed by atoms with E-state index < -0.39 is 0 Å². The number of pyridine rings is 1. The van der Waals surface area contributed by atoms with Crippen molar-refractivity contribution in [3.63, 3.8) is 0 Å². The standard InChI is InChI=1S/C14H20N2O3/c1-2-9-19-11-5-4-8-16(10-11)14(18)13-12(17)6-3-7-15-13/h3,6-7,11,17H,2,4-5,8-10H2,1H3/t11-/m0/s1. The fraction of sp³-hybridized carbons (Fsp3) is 0.571. The van der Waals surface area contributed by atoms with Crippen molar-refractivity contribution in [3.8, 4) is 5.75 Å². The lowest BCUT2D eigenvalue weighted by molar-refractivity contribution is 0.00182. The summed E-state index contributed by atoms with van der Waals surface area (Å²) in [6.45, 7) is 4.06. The number of nitrogens with zero attached hydrogens (tertiary/aromatic N) is 2. The highest BCUT2D eigenvalue weighted by atomic mass is 16.5. The Kier molecular flexibility index (Phi) is 4.74. The lowest BCUT2D eigenvalue weighted by Gasteiger charge is -2.32. The molecule has 2 rings (SSSR count). The SMILES string of the molecule is CCCO[C@H]1CCCN(C(=O)c2ncccc2O)C1. The van der Waals surface area contributed by atoms with E-state index in [1.54, 1.807) is 11.0 Å². The normalized spacial score (nSPS) is 19.4. The molecule has 0 spiro atoms. The minimum atomic E-state index is -0.220. The van der Waals surface area contributed by atoms with Gasteiger partial charge < -0.3 is 14.7 Å². The van der Waals surface area contributed by atoms with E-state index in [0.29, 0.717) is 13.1 Å². The van der Waals surface area contributed by atoms with Gasteiger partial charge in [0.15, 0.2) is 5.69 Å². The first kappa shape index (κ1) is 13.8. The molecule has 1 saturated heterocycles. The Morgan fingerprint density at radius 3 is 3.21 bits per heavy atom. The van der Waals surface area contributed by atoms with E-state index in [0.717, 1.165) is 25.9 Å². The molecule has 2 heterocycles. The van der Waals surface area contributed by atoms with E-state index in [9.17, 15) is 9.90 Å². The van der Waals surface area contributed by atoms with Crippen LogP contribution in [0.1, 0.15) is 36.7 Å².